The minimum atomic E-state index is -0.157. The van der Waals surface area contributed by atoms with Gasteiger partial charge in [0.2, 0.25) is 0 Å². The molecule has 4 heteroatoms. The van der Waals surface area contributed by atoms with Crippen LogP contribution in [0.3, 0.4) is 0 Å². The molecular weight excluding hydrogens is 240 g/mol. The van der Waals surface area contributed by atoms with Crippen LogP contribution in [0, 0.1) is 0 Å². The van der Waals surface area contributed by atoms with Gasteiger partial charge in [-0.05, 0) is 19.9 Å². The molecule has 0 amide bonds. The first-order chi connectivity index (χ1) is 9.14. The molecule has 100 valence electrons. The summed E-state index contributed by atoms with van der Waals surface area (Å²) in [6.45, 7) is 4.94. The number of nitrogens with zero attached hydrogens (tertiary/aromatic N) is 1. The number of hydrogen-bond acceptors (Lipinski definition) is 4. The zero-order chi connectivity index (χ0) is 13.3. The maximum Gasteiger partial charge on any atom is 0.124 e. The SMILES string of the molecule is CC1(C)CC(NCc2ccon2)c2ccccc2O1. The Morgan fingerprint density at radius 2 is 2.16 bits per heavy atom. The van der Waals surface area contributed by atoms with Crippen molar-refractivity contribution in [3.8, 4) is 5.75 Å². The maximum atomic E-state index is 6.01. The summed E-state index contributed by atoms with van der Waals surface area (Å²) in [6, 6.07) is 10.4. The Labute approximate surface area is 112 Å². The molecule has 0 radical (unpaired) electrons. The lowest BCUT2D eigenvalue weighted by Crippen LogP contribution is -2.39. The quantitative estimate of drug-likeness (QED) is 0.919. The third-order valence-electron chi connectivity index (χ3n) is 3.40. The predicted octanol–water partition coefficient (Wildman–Crippen LogP) is 3.07. The fourth-order valence-electron chi connectivity index (χ4n) is 2.54. The maximum absolute atomic E-state index is 6.01. The second-order valence-corrected chi connectivity index (χ2v) is 5.53. The molecule has 0 bridgehead atoms. The summed E-state index contributed by atoms with van der Waals surface area (Å²) in [5, 5.41) is 7.46. The standard InChI is InChI=1S/C15H18N2O2/c1-15(2)9-13(16-10-11-7-8-18-17-11)12-5-3-4-6-14(12)19-15/h3-8,13,16H,9-10H2,1-2H3. The van der Waals surface area contributed by atoms with Crippen molar-refractivity contribution in [3.63, 3.8) is 0 Å². The highest BCUT2D eigenvalue weighted by Crippen LogP contribution is 2.39. The molecule has 1 aliphatic heterocycles. The smallest absolute Gasteiger partial charge is 0.124 e. The molecule has 2 aromatic rings. The molecule has 0 aliphatic carbocycles. The lowest BCUT2D eigenvalue weighted by atomic mass is 9.89. The van der Waals surface area contributed by atoms with E-state index in [1.807, 2.05) is 24.3 Å². The summed E-state index contributed by atoms with van der Waals surface area (Å²) in [7, 11) is 0. The molecular formula is C15H18N2O2. The molecule has 1 aliphatic rings. The van der Waals surface area contributed by atoms with Crippen LogP contribution in [0.1, 0.15) is 37.6 Å². The number of fused-ring (bicyclic) bond motifs is 1. The first kappa shape index (κ1) is 12.2. The predicted molar refractivity (Wildman–Crippen MR) is 71.8 cm³/mol. The number of ether oxygens (including phenoxy) is 1. The van der Waals surface area contributed by atoms with Gasteiger partial charge in [0.1, 0.15) is 17.6 Å². The van der Waals surface area contributed by atoms with Gasteiger partial charge in [-0.15, -0.1) is 0 Å². The van der Waals surface area contributed by atoms with Gasteiger partial charge in [-0.3, -0.25) is 0 Å². The zero-order valence-corrected chi connectivity index (χ0v) is 11.2. The van der Waals surface area contributed by atoms with E-state index in [0.29, 0.717) is 6.54 Å². The van der Waals surface area contributed by atoms with Crippen LogP contribution >= 0.6 is 0 Å². The molecule has 0 saturated heterocycles. The average Bonchev–Trinajstić information content (AvgIpc) is 2.87. The monoisotopic (exact) mass is 258 g/mol. The first-order valence-electron chi connectivity index (χ1n) is 6.55. The van der Waals surface area contributed by atoms with Gasteiger partial charge in [-0.1, -0.05) is 23.4 Å². The summed E-state index contributed by atoms with van der Waals surface area (Å²) in [5.41, 5.74) is 1.97. The molecule has 1 aromatic heterocycles. The number of nitrogens with one attached hydrogen (secondary N) is 1. The fraction of sp³-hybridized carbons (Fsp3) is 0.400. The van der Waals surface area contributed by atoms with Gasteiger partial charge in [-0.25, -0.2) is 0 Å². The van der Waals surface area contributed by atoms with Gasteiger partial charge < -0.3 is 14.6 Å². The van der Waals surface area contributed by atoms with E-state index in [9.17, 15) is 0 Å². The average molecular weight is 258 g/mol. The molecule has 0 saturated carbocycles. The molecule has 0 fully saturated rings. The van der Waals surface area contributed by atoms with Crippen LogP contribution in [0.15, 0.2) is 41.1 Å². The van der Waals surface area contributed by atoms with E-state index in [2.05, 4.69) is 30.4 Å². The van der Waals surface area contributed by atoms with Crippen molar-refractivity contribution in [3.05, 3.63) is 47.9 Å². The number of aromatic nitrogens is 1. The second-order valence-electron chi connectivity index (χ2n) is 5.53. The van der Waals surface area contributed by atoms with Gasteiger partial charge in [0.25, 0.3) is 0 Å². The molecule has 1 aromatic carbocycles. The number of benzene rings is 1. The van der Waals surface area contributed by atoms with E-state index < -0.39 is 0 Å². The van der Waals surface area contributed by atoms with E-state index in [4.69, 9.17) is 9.26 Å². The topological polar surface area (TPSA) is 47.3 Å². The van der Waals surface area contributed by atoms with Crippen LogP contribution in [0.2, 0.25) is 0 Å². The Balaban J connectivity index is 1.80. The zero-order valence-electron chi connectivity index (χ0n) is 11.2. The second kappa shape index (κ2) is 4.70. The Kier molecular flexibility index (Phi) is 3.03. The highest BCUT2D eigenvalue weighted by Gasteiger charge is 2.33. The highest BCUT2D eigenvalue weighted by molar-refractivity contribution is 5.38. The van der Waals surface area contributed by atoms with Crippen LogP contribution in [0.4, 0.5) is 0 Å². The molecule has 19 heavy (non-hydrogen) atoms. The minimum absolute atomic E-state index is 0.157. The molecule has 1 atom stereocenters. The summed E-state index contributed by atoms with van der Waals surface area (Å²) < 4.78 is 10.9. The summed E-state index contributed by atoms with van der Waals surface area (Å²) in [4.78, 5) is 0. The lowest BCUT2D eigenvalue weighted by molar-refractivity contribution is 0.0656. The largest absolute Gasteiger partial charge is 0.487 e. The molecule has 0 spiro atoms. The molecule has 3 rings (SSSR count). The molecule has 2 heterocycles. The fourth-order valence-corrected chi connectivity index (χ4v) is 2.54. The minimum Gasteiger partial charge on any atom is -0.487 e. The number of para-hydroxylation sites is 1. The van der Waals surface area contributed by atoms with Gasteiger partial charge >= 0.3 is 0 Å². The Hall–Kier alpha value is -1.81. The van der Waals surface area contributed by atoms with Crippen molar-refractivity contribution in [2.75, 3.05) is 0 Å². The van der Waals surface area contributed by atoms with Gasteiger partial charge in [0.05, 0.1) is 5.69 Å². The van der Waals surface area contributed by atoms with Crippen molar-refractivity contribution < 1.29 is 9.26 Å². The van der Waals surface area contributed by atoms with Crippen molar-refractivity contribution in [1.29, 1.82) is 0 Å². The van der Waals surface area contributed by atoms with E-state index in [1.54, 1.807) is 6.26 Å². The molecule has 1 N–H and O–H groups in total. The van der Waals surface area contributed by atoms with Crippen molar-refractivity contribution in [2.24, 2.45) is 0 Å². The van der Waals surface area contributed by atoms with Crippen LogP contribution in [0.5, 0.6) is 5.75 Å². The van der Waals surface area contributed by atoms with Crippen molar-refractivity contribution in [1.82, 2.24) is 10.5 Å². The van der Waals surface area contributed by atoms with E-state index in [1.165, 1.54) is 5.56 Å². The third kappa shape index (κ3) is 2.63. The van der Waals surface area contributed by atoms with Gasteiger partial charge in [-0.2, -0.15) is 0 Å². The summed E-state index contributed by atoms with van der Waals surface area (Å²) >= 11 is 0. The van der Waals surface area contributed by atoms with E-state index in [-0.39, 0.29) is 11.6 Å². The van der Waals surface area contributed by atoms with Crippen LogP contribution < -0.4 is 10.1 Å². The Morgan fingerprint density at radius 1 is 1.32 bits per heavy atom. The number of rotatable bonds is 3. The van der Waals surface area contributed by atoms with Gasteiger partial charge in [0.15, 0.2) is 0 Å². The third-order valence-corrected chi connectivity index (χ3v) is 3.40. The van der Waals surface area contributed by atoms with E-state index in [0.717, 1.165) is 17.9 Å². The van der Waals surface area contributed by atoms with Crippen molar-refractivity contribution in [2.45, 2.75) is 38.5 Å². The van der Waals surface area contributed by atoms with Gasteiger partial charge in [0, 0.05) is 30.6 Å². The molecule has 1 unspecified atom stereocenters. The lowest BCUT2D eigenvalue weighted by Gasteiger charge is -2.38. The Morgan fingerprint density at radius 3 is 2.95 bits per heavy atom. The van der Waals surface area contributed by atoms with Crippen molar-refractivity contribution >= 4 is 0 Å². The first-order valence-corrected chi connectivity index (χ1v) is 6.55. The normalized spacial score (nSPS) is 20.6. The number of hydrogen-bond donors (Lipinski definition) is 1. The van der Waals surface area contributed by atoms with E-state index >= 15 is 0 Å². The summed E-state index contributed by atoms with van der Waals surface area (Å²) in [6.07, 6.45) is 2.53. The van der Waals surface area contributed by atoms with Crippen LogP contribution in [-0.2, 0) is 6.54 Å². The summed E-state index contributed by atoms with van der Waals surface area (Å²) in [5.74, 6) is 0.969. The van der Waals surface area contributed by atoms with Crippen LogP contribution in [0.25, 0.3) is 0 Å². The molecule has 4 nitrogen and oxygen atoms in total. The Bertz CT molecular complexity index is 549. The van der Waals surface area contributed by atoms with Crippen LogP contribution in [-0.4, -0.2) is 10.8 Å². The highest BCUT2D eigenvalue weighted by atomic mass is 16.5.